The van der Waals surface area contributed by atoms with E-state index in [2.05, 4.69) is 17.2 Å². The number of carbonyl (C=O) groups is 1. The molecule has 2 rings (SSSR count). The standard InChI is InChI=1S/C14H18N2OS2/c1-4-6-14(2,3)16-12(17)11-9-19-13(15-11)10-5-7-18-8-10/h5,7-9H,4,6H2,1-3H3,(H,16,17). The minimum absolute atomic E-state index is 0.0869. The molecule has 1 amide bonds. The van der Waals surface area contributed by atoms with Crippen LogP contribution in [0.1, 0.15) is 44.1 Å². The number of thiophene rings is 1. The highest BCUT2D eigenvalue weighted by Gasteiger charge is 2.21. The SMILES string of the molecule is CCCC(C)(C)NC(=O)c1csc(-c2ccsc2)n1. The molecular formula is C14H18N2OS2. The quantitative estimate of drug-likeness (QED) is 0.899. The Morgan fingerprint density at radius 2 is 2.21 bits per heavy atom. The van der Waals surface area contributed by atoms with Crippen LogP contribution >= 0.6 is 22.7 Å². The van der Waals surface area contributed by atoms with Gasteiger partial charge >= 0.3 is 0 Å². The molecule has 0 radical (unpaired) electrons. The molecule has 2 heterocycles. The first-order valence-electron chi connectivity index (χ1n) is 6.32. The molecule has 0 unspecified atom stereocenters. The molecule has 102 valence electrons. The number of thiazole rings is 1. The normalized spacial score (nSPS) is 11.5. The predicted molar refractivity (Wildman–Crippen MR) is 81.9 cm³/mol. The second-order valence-electron chi connectivity index (χ2n) is 5.14. The third-order valence-corrected chi connectivity index (χ3v) is 4.41. The molecule has 1 N–H and O–H groups in total. The number of nitrogens with one attached hydrogen (secondary N) is 1. The van der Waals surface area contributed by atoms with Crippen molar-refractivity contribution in [2.45, 2.75) is 39.2 Å². The Balaban J connectivity index is 2.08. The third-order valence-electron chi connectivity index (χ3n) is 2.83. The lowest BCUT2D eigenvalue weighted by atomic mass is 9.99. The highest BCUT2D eigenvalue weighted by Crippen LogP contribution is 2.25. The van der Waals surface area contributed by atoms with Crippen LogP contribution in [-0.4, -0.2) is 16.4 Å². The lowest BCUT2D eigenvalue weighted by Crippen LogP contribution is -2.43. The van der Waals surface area contributed by atoms with E-state index < -0.39 is 0 Å². The summed E-state index contributed by atoms with van der Waals surface area (Å²) in [6, 6.07) is 2.02. The fraction of sp³-hybridized carbons (Fsp3) is 0.429. The molecule has 19 heavy (non-hydrogen) atoms. The number of hydrogen-bond donors (Lipinski definition) is 1. The second kappa shape index (κ2) is 5.84. The van der Waals surface area contributed by atoms with Crippen LogP contribution in [0.5, 0.6) is 0 Å². The van der Waals surface area contributed by atoms with E-state index in [-0.39, 0.29) is 11.4 Å². The first-order chi connectivity index (χ1) is 9.02. The summed E-state index contributed by atoms with van der Waals surface area (Å²) in [6.07, 6.45) is 2.00. The van der Waals surface area contributed by atoms with Gasteiger partial charge in [-0.25, -0.2) is 4.98 Å². The average Bonchev–Trinajstić information content (AvgIpc) is 2.99. The van der Waals surface area contributed by atoms with Crippen LogP contribution in [-0.2, 0) is 0 Å². The highest BCUT2D eigenvalue weighted by molar-refractivity contribution is 7.14. The lowest BCUT2D eigenvalue weighted by molar-refractivity contribution is 0.0904. The van der Waals surface area contributed by atoms with Crippen molar-refractivity contribution in [2.24, 2.45) is 0 Å². The summed E-state index contributed by atoms with van der Waals surface area (Å²) >= 11 is 3.14. The minimum Gasteiger partial charge on any atom is -0.346 e. The average molecular weight is 294 g/mol. The van der Waals surface area contributed by atoms with Gasteiger partial charge in [0.15, 0.2) is 0 Å². The number of carbonyl (C=O) groups excluding carboxylic acids is 1. The molecule has 2 aromatic rings. The first-order valence-corrected chi connectivity index (χ1v) is 8.15. The van der Waals surface area contributed by atoms with Crippen LogP contribution in [0.4, 0.5) is 0 Å². The molecule has 0 spiro atoms. The van der Waals surface area contributed by atoms with Crippen LogP contribution in [0.3, 0.4) is 0 Å². The van der Waals surface area contributed by atoms with Crippen molar-refractivity contribution in [1.82, 2.24) is 10.3 Å². The maximum absolute atomic E-state index is 12.2. The molecule has 0 bridgehead atoms. The van der Waals surface area contributed by atoms with E-state index in [1.807, 2.05) is 36.1 Å². The second-order valence-corrected chi connectivity index (χ2v) is 6.78. The largest absolute Gasteiger partial charge is 0.346 e. The van der Waals surface area contributed by atoms with Gasteiger partial charge in [0.1, 0.15) is 10.7 Å². The van der Waals surface area contributed by atoms with Gasteiger partial charge in [0, 0.05) is 21.9 Å². The van der Waals surface area contributed by atoms with Crippen molar-refractivity contribution in [2.75, 3.05) is 0 Å². The smallest absolute Gasteiger partial charge is 0.271 e. The molecule has 3 nitrogen and oxygen atoms in total. The number of aromatic nitrogens is 1. The maximum Gasteiger partial charge on any atom is 0.271 e. The van der Waals surface area contributed by atoms with Gasteiger partial charge in [-0.15, -0.1) is 11.3 Å². The van der Waals surface area contributed by atoms with Crippen molar-refractivity contribution in [3.8, 4) is 10.6 Å². The van der Waals surface area contributed by atoms with Crippen molar-refractivity contribution in [3.63, 3.8) is 0 Å². The van der Waals surface area contributed by atoms with Crippen molar-refractivity contribution < 1.29 is 4.79 Å². The molecule has 0 aliphatic carbocycles. The summed E-state index contributed by atoms with van der Waals surface area (Å²) in [4.78, 5) is 16.6. The van der Waals surface area contributed by atoms with Crippen LogP contribution in [0.15, 0.2) is 22.2 Å². The van der Waals surface area contributed by atoms with Crippen LogP contribution < -0.4 is 5.32 Å². The van der Waals surface area contributed by atoms with Crippen LogP contribution in [0.25, 0.3) is 10.6 Å². The van der Waals surface area contributed by atoms with Crippen LogP contribution in [0, 0.1) is 0 Å². The molecule has 0 aromatic carbocycles. The lowest BCUT2D eigenvalue weighted by Gasteiger charge is -2.25. The number of nitrogens with zero attached hydrogens (tertiary/aromatic N) is 1. The third kappa shape index (κ3) is 3.64. The number of hydrogen-bond acceptors (Lipinski definition) is 4. The van der Waals surface area contributed by atoms with E-state index in [0.29, 0.717) is 5.69 Å². The van der Waals surface area contributed by atoms with Gasteiger partial charge in [0.2, 0.25) is 0 Å². The van der Waals surface area contributed by atoms with E-state index in [4.69, 9.17) is 0 Å². The van der Waals surface area contributed by atoms with Gasteiger partial charge in [0.25, 0.3) is 5.91 Å². The molecule has 0 atom stereocenters. The van der Waals surface area contributed by atoms with Gasteiger partial charge in [-0.05, 0) is 31.7 Å². The van der Waals surface area contributed by atoms with Crippen LogP contribution in [0.2, 0.25) is 0 Å². The number of rotatable bonds is 5. The highest BCUT2D eigenvalue weighted by atomic mass is 32.1. The first kappa shape index (κ1) is 14.2. The summed E-state index contributed by atoms with van der Waals surface area (Å²) in [5.41, 5.74) is 1.41. The minimum atomic E-state index is -0.183. The Kier molecular flexibility index (Phi) is 4.37. The summed E-state index contributed by atoms with van der Waals surface area (Å²) in [6.45, 7) is 6.20. The molecule has 5 heteroatoms. The van der Waals surface area contributed by atoms with Gasteiger partial charge in [-0.3, -0.25) is 4.79 Å². The fourth-order valence-corrected chi connectivity index (χ4v) is 3.47. The van der Waals surface area contributed by atoms with E-state index in [1.165, 1.54) is 11.3 Å². The van der Waals surface area contributed by atoms with E-state index in [9.17, 15) is 4.79 Å². The van der Waals surface area contributed by atoms with Gasteiger partial charge < -0.3 is 5.32 Å². The molecule has 0 fully saturated rings. The summed E-state index contributed by atoms with van der Waals surface area (Å²) in [5, 5.41) is 9.82. The zero-order chi connectivity index (χ0) is 13.9. The Bertz CT molecular complexity index is 544. The van der Waals surface area contributed by atoms with Crippen molar-refractivity contribution in [1.29, 1.82) is 0 Å². The molecular weight excluding hydrogens is 276 g/mol. The van der Waals surface area contributed by atoms with Gasteiger partial charge in [-0.2, -0.15) is 11.3 Å². The Morgan fingerprint density at radius 1 is 1.42 bits per heavy atom. The zero-order valence-electron chi connectivity index (χ0n) is 11.4. The maximum atomic E-state index is 12.2. The Hall–Kier alpha value is -1.20. The van der Waals surface area contributed by atoms with Crippen molar-refractivity contribution >= 4 is 28.6 Å². The monoisotopic (exact) mass is 294 g/mol. The fourth-order valence-electron chi connectivity index (χ4n) is 1.96. The van der Waals surface area contributed by atoms with E-state index >= 15 is 0 Å². The molecule has 0 aliphatic heterocycles. The number of amides is 1. The Labute approximate surface area is 121 Å². The zero-order valence-corrected chi connectivity index (χ0v) is 13.0. The molecule has 0 aliphatic rings. The summed E-state index contributed by atoms with van der Waals surface area (Å²) < 4.78 is 0. The van der Waals surface area contributed by atoms with E-state index in [1.54, 1.807) is 11.3 Å². The van der Waals surface area contributed by atoms with Gasteiger partial charge in [-0.1, -0.05) is 13.3 Å². The van der Waals surface area contributed by atoms with Gasteiger partial charge in [0.05, 0.1) is 0 Å². The Morgan fingerprint density at radius 3 is 2.84 bits per heavy atom. The summed E-state index contributed by atoms with van der Waals surface area (Å²) in [7, 11) is 0. The molecule has 0 saturated carbocycles. The summed E-state index contributed by atoms with van der Waals surface area (Å²) in [5.74, 6) is -0.0869. The molecule has 2 aromatic heterocycles. The van der Waals surface area contributed by atoms with Crippen molar-refractivity contribution in [3.05, 3.63) is 27.9 Å². The molecule has 0 saturated heterocycles. The topological polar surface area (TPSA) is 42.0 Å². The predicted octanol–water partition coefficient (Wildman–Crippen LogP) is 4.18. The van der Waals surface area contributed by atoms with E-state index in [0.717, 1.165) is 23.4 Å².